The predicted octanol–water partition coefficient (Wildman–Crippen LogP) is 5.68. The molecule has 1 aliphatic rings. The van der Waals surface area contributed by atoms with Gasteiger partial charge in [0.2, 0.25) is 0 Å². The van der Waals surface area contributed by atoms with Crippen LogP contribution in [0.2, 0.25) is 0 Å². The van der Waals surface area contributed by atoms with Gasteiger partial charge in [0.05, 0.1) is 18.8 Å². The van der Waals surface area contributed by atoms with E-state index in [9.17, 15) is 4.79 Å². The van der Waals surface area contributed by atoms with E-state index < -0.39 is 5.54 Å². The maximum absolute atomic E-state index is 13.0. The van der Waals surface area contributed by atoms with Crippen LogP contribution in [-0.4, -0.2) is 48.3 Å². The van der Waals surface area contributed by atoms with E-state index >= 15 is 0 Å². The fraction of sp³-hybridized carbons (Fsp3) is 0.696. The number of carbonyl (C=O) groups is 1. The highest BCUT2D eigenvalue weighted by Crippen LogP contribution is 2.27. The zero-order chi connectivity index (χ0) is 19.7. The minimum atomic E-state index is -0.481. The van der Waals surface area contributed by atoms with Gasteiger partial charge >= 0.3 is 0 Å². The number of morpholine rings is 1. The van der Waals surface area contributed by atoms with E-state index in [1.165, 1.54) is 42.8 Å². The SMILES string of the molecule is CCCCCC(CC)CSc1ccc(C(=O)C(C)(C)N2CCOCC2)cc1. The van der Waals surface area contributed by atoms with Crippen LogP contribution in [0.4, 0.5) is 0 Å². The van der Waals surface area contributed by atoms with Gasteiger partial charge in [-0.05, 0) is 38.3 Å². The van der Waals surface area contributed by atoms with E-state index in [2.05, 4.69) is 30.9 Å². The fourth-order valence-electron chi connectivity index (χ4n) is 3.62. The first-order valence-corrected chi connectivity index (χ1v) is 11.6. The molecule has 1 unspecified atom stereocenters. The third-order valence-corrected chi connectivity index (χ3v) is 7.00. The number of hydrogen-bond acceptors (Lipinski definition) is 4. The average molecular weight is 392 g/mol. The van der Waals surface area contributed by atoms with E-state index in [-0.39, 0.29) is 5.78 Å². The van der Waals surface area contributed by atoms with E-state index in [4.69, 9.17) is 4.74 Å². The van der Waals surface area contributed by atoms with E-state index in [1.54, 1.807) is 0 Å². The second kappa shape index (κ2) is 11.2. The molecule has 1 heterocycles. The molecule has 1 atom stereocenters. The van der Waals surface area contributed by atoms with Crippen molar-refractivity contribution < 1.29 is 9.53 Å². The molecule has 152 valence electrons. The quantitative estimate of drug-likeness (QED) is 0.276. The normalized spacial score (nSPS) is 17.0. The summed E-state index contributed by atoms with van der Waals surface area (Å²) in [6, 6.07) is 8.24. The number of rotatable bonds is 11. The van der Waals surface area contributed by atoms with Crippen LogP contribution in [0.25, 0.3) is 0 Å². The minimum absolute atomic E-state index is 0.201. The standard InChI is InChI=1S/C23H37NO2S/c1-5-7-8-9-19(6-2)18-27-21-12-10-20(11-13-21)22(25)23(3,4)24-14-16-26-17-15-24/h10-13,19H,5-9,14-18H2,1-4H3. The molecule has 0 aromatic heterocycles. The molecule has 0 aliphatic carbocycles. The zero-order valence-corrected chi connectivity index (χ0v) is 18.4. The summed E-state index contributed by atoms with van der Waals surface area (Å²) in [7, 11) is 0. The first-order chi connectivity index (χ1) is 13.0. The van der Waals surface area contributed by atoms with Gasteiger partial charge < -0.3 is 4.74 Å². The lowest BCUT2D eigenvalue weighted by Gasteiger charge is -2.39. The van der Waals surface area contributed by atoms with Crippen LogP contribution in [0.3, 0.4) is 0 Å². The minimum Gasteiger partial charge on any atom is -0.379 e. The van der Waals surface area contributed by atoms with Gasteiger partial charge in [0, 0.05) is 29.3 Å². The Kier molecular flexibility index (Phi) is 9.34. The van der Waals surface area contributed by atoms with Crippen molar-refractivity contribution in [1.82, 2.24) is 4.90 Å². The number of Topliss-reactive ketones (excluding diaryl/α,β-unsaturated/α-hetero) is 1. The van der Waals surface area contributed by atoms with Crippen LogP contribution in [0, 0.1) is 5.92 Å². The molecule has 0 amide bonds. The molecule has 1 aliphatic heterocycles. The van der Waals surface area contributed by atoms with Gasteiger partial charge in [0.15, 0.2) is 5.78 Å². The van der Waals surface area contributed by atoms with Gasteiger partial charge in [-0.1, -0.05) is 51.7 Å². The van der Waals surface area contributed by atoms with Gasteiger partial charge in [-0.15, -0.1) is 11.8 Å². The summed E-state index contributed by atoms with van der Waals surface area (Å²) < 4.78 is 5.43. The predicted molar refractivity (Wildman–Crippen MR) is 116 cm³/mol. The monoisotopic (exact) mass is 391 g/mol. The van der Waals surface area contributed by atoms with Gasteiger partial charge in [-0.2, -0.15) is 0 Å². The third kappa shape index (κ3) is 6.62. The highest BCUT2D eigenvalue weighted by atomic mass is 32.2. The molecular formula is C23H37NO2S. The summed E-state index contributed by atoms with van der Waals surface area (Å²) in [5.41, 5.74) is 0.330. The van der Waals surface area contributed by atoms with Crippen molar-refractivity contribution in [3.8, 4) is 0 Å². The summed E-state index contributed by atoms with van der Waals surface area (Å²) in [4.78, 5) is 16.6. The Hall–Kier alpha value is -0.840. The smallest absolute Gasteiger partial charge is 0.182 e. The van der Waals surface area contributed by atoms with Crippen LogP contribution in [0.15, 0.2) is 29.2 Å². The second-order valence-electron chi connectivity index (χ2n) is 8.09. The topological polar surface area (TPSA) is 29.5 Å². The molecule has 2 rings (SSSR count). The summed E-state index contributed by atoms with van der Waals surface area (Å²) in [5.74, 6) is 2.17. The highest BCUT2D eigenvalue weighted by molar-refractivity contribution is 7.99. The van der Waals surface area contributed by atoms with Crippen LogP contribution in [-0.2, 0) is 4.74 Å². The molecule has 27 heavy (non-hydrogen) atoms. The number of benzene rings is 1. The number of hydrogen-bond donors (Lipinski definition) is 0. The van der Waals surface area contributed by atoms with Crippen molar-refractivity contribution >= 4 is 17.5 Å². The fourth-order valence-corrected chi connectivity index (χ4v) is 4.78. The molecule has 0 bridgehead atoms. The molecule has 4 heteroatoms. The van der Waals surface area contributed by atoms with E-state index in [0.29, 0.717) is 13.2 Å². The molecule has 0 saturated carbocycles. The number of thioether (sulfide) groups is 1. The second-order valence-corrected chi connectivity index (χ2v) is 9.19. The van der Waals surface area contributed by atoms with E-state index in [1.807, 2.05) is 37.7 Å². The Bertz CT molecular complexity index is 564. The summed E-state index contributed by atoms with van der Waals surface area (Å²) in [5, 5.41) is 0. The molecule has 1 fully saturated rings. The van der Waals surface area contributed by atoms with Crippen molar-refractivity contribution in [3.05, 3.63) is 29.8 Å². The average Bonchev–Trinajstić information content (AvgIpc) is 2.71. The molecule has 0 N–H and O–H groups in total. The Morgan fingerprint density at radius 1 is 1.15 bits per heavy atom. The molecule has 1 aromatic carbocycles. The molecule has 3 nitrogen and oxygen atoms in total. The summed E-state index contributed by atoms with van der Waals surface area (Å²) >= 11 is 1.93. The lowest BCUT2D eigenvalue weighted by Crippen LogP contribution is -2.54. The number of unbranched alkanes of at least 4 members (excludes halogenated alkanes) is 2. The molecule has 1 aromatic rings. The van der Waals surface area contributed by atoms with Crippen molar-refractivity contribution in [3.63, 3.8) is 0 Å². The van der Waals surface area contributed by atoms with Gasteiger partial charge in [-0.3, -0.25) is 9.69 Å². The van der Waals surface area contributed by atoms with E-state index in [0.717, 1.165) is 24.6 Å². The largest absolute Gasteiger partial charge is 0.379 e. The first-order valence-electron chi connectivity index (χ1n) is 10.6. The van der Waals surface area contributed by atoms with Crippen LogP contribution in [0.1, 0.15) is 70.2 Å². The lowest BCUT2D eigenvalue weighted by atomic mass is 9.91. The Morgan fingerprint density at radius 3 is 2.41 bits per heavy atom. The Labute approximate surface area is 170 Å². The van der Waals surface area contributed by atoms with Crippen molar-refractivity contribution in [1.29, 1.82) is 0 Å². The highest BCUT2D eigenvalue weighted by Gasteiger charge is 2.35. The van der Waals surface area contributed by atoms with Crippen LogP contribution < -0.4 is 0 Å². The lowest BCUT2D eigenvalue weighted by molar-refractivity contribution is -0.00430. The summed E-state index contributed by atoms with van der Waals surface area (Å²) in [6.07, 6.45) is 6.57. The number of carbonyl (C=O) groups excluding carboxylic acids is 1. The maximum Gasteiger partial charge on any atom is 0.182 e. The first kappa shape index (κ1) is 22.4. The van der Waals surface area contributed by atoms with Crippen molar-refractivity contribution in [2.24, 2.45) is 5.92 Å². The third-order valence-electron chi connectivity index (χ3n) is 5.75. The van der Waals surface area contributed by atoms with Crippen LogP contribution >= 0.6 is 11.8 Å². The van der Waals surface area contributed by atoms with Gasteiger partial charge in [-0.25, -0.2) is 0 Å². The number of ether oxygens (including phenoxy) is 1. The van der Waals surface area contributed by atoms with Crippen molar-refractivity contribution in [2.45, 2.75) is 70.2 Å². The van der Waals surface area contributed by atoms with Crippen molar-refractivity contribution in [2.75, 3.05) is 32.1 Å². The maximum atomic E-state index is 13.0. The Balaban J connectivity index is 1.90. The Morgan fingerprint density at radius 2 is 1.81 bits per heavy atom. The molecular weight excluding hydrogens is 354 g/mol. The number of ketones is 1. The zero-order valence-electron chi connectivity index (χ0n) is 17.6. The van der Waals surface area contributed by atoms with Gasteiger partial charge in [0.1, 0.15) is 0 Å². The summed E-state index contributed by atoms with van der Waals surface area (Å²) in [6.45, 7) is 11.7. The van der Waals surface area contributed by atoms with Crippen LogP contribution in [0.5, 0.6) is 0 Å². The molecule has 0 spiro atoms. The molecule has 0 radical (unpaired) electrons. The molecule has 1 saturated heterocycles. The van der Waals surface area contributed by atoms with Gasteiger partial charge in [0.25, 0.3) is 0 Å². The number of nitrogens with zero attached hydrogens (tertiary/aromatic N) is 1.